The Bertz CT molecular complexity index is 280. The van der Waals surface area contributed by atoms with Gasteiger partial charge in [0, 0.05) is 24.5 Å². The van der Waals surface area contributed by atoms with Crippen molar-refractivity contribution in [1.29, 1.82) is 0 Å². The third-order valence-electron chi connectivity index (χ3n) is 4.47. The second-order valence-corrected chi connectivity index (χ2v) is 5.99. The Balaban J connectivity index is 2.19. The average molecular weight is 225 g/mol. The van der Waals surface area contributed by atoms with Crippen molar-refractivity contribution in [2.24, 2.45) is 11.3 Å². The van der Waals surface area contributed by atoms with Gasteiger partial charge in [0.25, 0.3) is 0 Å². The molecule has 2 aliphatic rings. The summed E-state index contributed by atoms with van der Waals surface area (Å²) < 4.78 is 6.06. The van der Waals surface area contributed by atoms with Crippen LogP contribution in [0.1, 0.15) is 46.5 Å². The molecule has 16 heavy (non-hydrogen) atoms. The summed E-state index contributed by atoms with van der Waals surface area (Å²) in [5, 5.41) is 3.06. The highest BCUT2D eigenvalue weighted by molar-refractivity contribution is 5.78. The number of rotatable bonds is 0. The zero-order chi connectivity index (χ0) is 11.8. The Kier molecular flexibility index (Phi) is 2.99. The fourth-order valence-corrected chi connectivity index (χ4v) is 2.99. The summed E-state index contributed by atoms with van der Waals surface area (Å²) in [6.45, 7) is 8.06. The predicted octanol–water partition coefficient (Wildman–Crippen LogP) is 2.11. The number of carbonyl (C=O) groups excluding carboxylic acids is 1. The molecule has 1 spiro atoms. The van der Waals surface area contributed by atoms with Gasteiger partial charge in [-0.1, -0.05) is 20.8 Å². The first kappa shape index (κ1) is 11.9. The lowest BCUT2D eigenvalue weighted by Crippen LogP contribution is -2.53. The molecule has 2 aliphatic heterocycles. The molecule has 92 valence electrons. The maximum atomic E-state index is 11.7. The topological polar surface area (TPSA) is 38.3 Å². The van der Waals surface area contributed by atoms with E-state index in [1.807, 2.05) is 6.92 Å². The monoisotopic (exact) mass is 225 g/mol. The van der Waals surface area contributed by atoms with E-state index in [-0.39, 0.29) is 22.8 Å². The van der Waals surface area contributed by atoms with Crippen LogP contribution in [-0.2, 0) is 9.53 Å². The summed E-state index contributed by atoms with van der Waals surface area (Å²) >= 11 is 0. The lowest BCUT2D eigenvalue weighted by atomic mass is 9.69. The normalized spacial score (nSPS) is 39.2. The lowest BCUT2D eigenvalue weighted by Gasteiger charge is -2.45. The summed E-state index contributed by atoms with van der Waals surface area (Å²) in [5.74, 6) is 0.318. The van der Waals surface area contributed by atoms with Crippen LogP contribution in [0.5, 0.6) is 0 Å². The minimum absolute atomic E-state index is 0.00500. The third kappa shape index (κ3) is 1.86. The Labute approximate surface area is 97.9 Å². The van der Waals surface area contributed by atoms with Crippen molar-refractivity contribution in [3.05, 3.63) is 0 Å². The minimum Gasteiger partial charge on any atom is -0.374 e. The van der Waals surface area contributed by atoms with Gasteiger partial charge in [0.15, 0.2) is 0 Å². The summed E-state index contributed by atoms with van der Waals surface area (Å²) in [7, 11) is 0. The van der Waals surface area contributed by atoms with Crippen LogP contribution in [0.3, 0.4) is 0 Å². The molecule has 1 unspecified atom stereocenters. The van der Waals surface area contributed by atoms with E-state index < -0.39 is 0 Å². The fraction of sp³-hybridized carbons (Fsp3) is 0.923. The zero-order valence-corrected chi connectivity index (χ0v) is 10.6. The van der Waals surface area contributed by atoms with Gasteiger partial charge in [-0.3, -0.25) is 4.79 Å². The molecule has 2 rings (SSSR count). The van der Waals surface area contributed by atoms with Gasteiger partial charge >= 0.3 is 0 Å². The molecule has 2 heterocycles. The summed E-state index contributed by atoms with van der Waals surface area (Å²) in [6.07, 6.45) is 4.26. The van der Waals surface area contributed by atoms with Gasteiger partial charge in [-0.2, -0.15) is 0 Å². The highest BCUT2D eigenvalue weighted by Crippen LogP contribution is 2.46. The Hall–Kier alpha value is -0.570. The maximum absolute atomic E-state index is 11.7. The average Bonchev–Trinajstić information content (AvgIpc) is 2.72. The van der Waals surface area contributed by atoms with E-state index in [0.29, 0.717) is 0 Å². The van der Waals surface area contributed by atoms with Crippen molar-refractivity contribution in [3.63, 3.8) is 0 Å². The predicted molar refractivity (Wildman–Crippen MR) is 63.1 cm³/mol. The van der Waals surface area contributed by atoms with E-state index in [2.05, 4.69) is 19.2 Å². The van der Waals surface area contributed by atoms with Gasteiger partial charge < -0.3 is 10.1 Å². The third-order valence-corrected chi connectivity index (χ3v) is 4.47. The summed E-state index contributed by atoms with van der Waals surface area (Å²) in [6, 6.07) is 0. The van der Waals surface area contributed by atoms with E-state index in [9.17, 15) is 4.79 Å². The van der Waals surface area contributed by atoms with Crippen LogP contribution in [0.15, 0.2) is 0 Å². The Morgan fingerprint density at radius 2 is 2.12 bits per heavy atom. The molecule has 2 fully saturated rings. The Morgan fingerprint density at radius 1 is 1.38 bits per heavy atom. The molecule has 2 atom stereocenters. The van der Waals surface area contributed by atoms with Gasteiger partial charge in [-0.25, -0.2) is 0 Å². The van der Waals surface area contributed by atoms with Crippen LogP contribution in [0.25, 0.3) is 0 Å². The molecule has 2 saturated heterocycles. The van der Waals surface area contributed by atoms with Gasteiger partial charge in [-0.15, -0.1) is 0 Å². The van der Waals surface area contributed by atoms with Crippen LogP contribution in [0.2, 0.25) is 0 Å². The molecule has 0 bridgehead atoms. The van der Waals surface area contributed by atoms with Gasteiger partial charge in [0.05, 0.1) is 5.60 Å². The first-order chi connectivity index (χ1) is 7.47. The first-order valence-electron chi connectivity index (χ1n) is 6.39. The minimum atomic E-state index is -0.00500. The largest absolute Gasteiger partial charge is 0.374 e. The van der Waals surface area contributed by atoms with Gasteiger partial charge in [-0.05, 0) is 25.7 Å². The maximum Gasteiger partial charge on any atom is 0.222 e. The summed E-state index contributed by atoms with van der Waals surface area (Å²) in [4.78, 5) is 11.7. The van der Waals surface area contributed by atoms with Crippen LogP contribution in [0, 0.1) is 11.3 Å². The lowest BCUT2D eigenvalue weighted by molar-refractivity contribution is -0.133. The fourth-order valence-electron chi connectivity index (χ4n) is 2.99. The molecule has 1 N–H and O–H groups in total. The molecule has 0 aromatic heterocycles. The molecule has 0 radical (unpaired) electrons. The highest BCUT2D eigenvalue weighted by Gasteiger charge is 2.49. The van der Waals surface area contributed by atoms with E-state index in [0.717, 1.165) is 38.8 Å². The molecule has 0 aliphatic carbocycles. The number of nitrogens with one attached hydrogen (secondary N) is 1. The number of hydrogen-bond acceptors (Lipinski definition) is 2. The highest BCUT2D eigenvalue weighted by atomic mass is 16.5. The summed E-state index contributed by atoms with van der Waals surface area (Å²) in [5.41, 5.74) is 0.0360. The second kappa shape index (κ2) is 4.02. The number of ether oxygens (including phenoxy) is 1. The zero-order valence-electron chi connectivity index (χ0n) is 10.6. The van der Waals surface area contributed by atoms with E-state index in [1.165, 1.54) is 0 Å². The smallest absolute Gasteiger partial charge is 0.222 e. The van der Waals surface area contributed by atoms with E-state index >= 15 is 0 Å². The first-order valence-corrected chi connectivity index (χ1v) is 6.39. The van der Waals surface area contributed by atoms with E-state index in [1.54, 1.807) is 0 Å². The molecule has 3 nitrogen and oxygen atoms in total. The molecule has 0 aromatic rings. The van der Waals surface area contributed by atoms with Crippen molar-refractivity contribution in [2.45, 2.75) is 52.1 Å². The molecule has 3 heteroatoms. The van der Waals surface area contributed by atoms with Gasteiger partial charge in [0.2, 0.25) is 5.91 Å². The number of amides is 1. The van der Waals surface area contributed by atoms with Crippen molar-refractivity contribution < 1.29 is 9.53 Å². The van der Waals surface area contributed by atoms with E-state index in [4.69, 9.17) is 4.74 Å². The van der Waals surface area contributed by atoms with Crippen molar-refractivity contribution in [3.8, 4) is 0 Å². The second-order valence-electron chi connectivity index (χ2n) is 5.99. The number of hydrogen-bond donors (Lipinski definition) is 1. The quantitative estimate of drug-likeness (QED) is 0.685. The molecular weight excluding hydrogens is 202 g/mol. The standard InChI is InChI=1S/C13H23NO2/c1-10-5-7-13(6-4-8-16-13)12(2,3)9-14-11(10)15/h10H,4-9H2,1-3H3,(H,14,15)/t10?,13-/m0/s1. The van der Waals surface area contributed by atoms with Crippen LogP contribution in [0.4, 0.5) is 0 Å². The molecular formula is C13H23NO2. The molecule has 1 amide bonds. The van der Waals surface area contributed by atoms with Crippen LogP contribution < -0.4 is 5.32 Å². The molecule has 0 saturated carbocycles. The van der Waals surface area contributed by atoms with Crippen molar-refractivity contribution >= 4 is 5.91 Å². The van der Waals surface area contributed by atoms with Crippen molar-refractivity contribution in [1.82, 2.24) is 5.32 Å². The number of carbonyl (C=O) groups is 1. The van der Waals surface area contributed by atoms with Crippen LogP contribution in [-0.4, -0.2) is 24.7 Å². The van der Waals surface area contributed by atoms with Crippen molar-refractivity contribution in [2.75, 3.05) is 13.2 Å². The van der Waals surface area contributed by atoms with Crippen LogP contribution >= 0.6 is 0 Å². The Morgan fingerprint density at radius 3 is 2.75 bits per heavy atom. The molecule has 0 aromatic carbocycles. The van der Waals surface area contributed by atoms with Gasteiger partial charge in [0.1, 0.15) is 0 Å². The SMILES string of the molecule is CC1CC[C@@]2(CCCO2)C(C)(C)CNC1=O.